The number of fused-ring (bicyclic) bond motifs is 6. The molecule has 2 heteroatoms. The first-order valence-corrected chi connectivity index (χ1v) is 27.4. The highest BCUT2D eigenvalue weighted by Gasteiger charge is 2.48. The van der Waals surface area contributed by atoms with Crippen molar-refractivity contribution in [1.29, 1.82) is 0 Å². The Labute approximate surface area is 451 Å². The van der Waals surface area contributed by atoms with Crippen LogP contribution in [0.1, 0.15) is 116 Å². The molecule has 0 spiro atoms. The van der Waals surface area contributed by atoms with E-state index in [0.29, 0.717) is 17.8 Å². The second kappa shape index (κ2) is 19.5. The zero-order valence-electron chi connectivity index (χ0n) is 45.0. The summed E-state index contributed by atoms with van der Waals surface area (Å²) in [5.41, 5.74) is 19.8. The predicted molar refractivity (Wildman–Crippen MR) is 318 cm³/mol. The third-order valence-electron chi connectivity index (χ3n) is 16.5. The van der Waals surface area contributed by atoms with E-state index < -0.39 is 10.8 Å². The van der Waals surface area contributed by atoms with Crippen LogP contribution < -0.4 is 9.64 Å². The lowest BCUT2D eigenvalue weighted by Gasteiger charge is -2.36. The van der Waals surface area contributed by atoms with Gasteiger partial charge in [0.15, 0.2) is 0 Å². The molecule has 2 unspecified atom stereocenters. The summed E-state index contributed by atoms with van der Waals surface area (Å²) in [4.78, 5) is 2.47. The molecule has 0 aliphatic heterocycles. The zero-order chi connectivity index (χ0) is 52.2. The van der Waals surface area contributed by atoms with Crippen LogP contribution in [0.4, 0.5) is 17.1 Å². The standard InChI is InChI=1S/C74H67NO/c1-50(2)47-67(51(3)4)52-31-41-61(42-32-52)76-62-43-37-57(38-44-62)74(56-35-33-53(34-36-56)72(5,6)7)69-30-20-18-28-64(69)66-46-40-60(49-71(66)74)75(58-25-15-10-16-26-58)59-39-45-65-63-27-17-19-29-68(63)73(70(65)48-59,54-21-11-8-12-22-54)55-23-13-9-14-24-55/h8-46,48-51,67H,47H2,1-7H3. The average Bonchev–Trinajstić information content (AvgIpc) is 3.98. The van der Waals surface area contributed by atoms with E-state index in [1.54, 1.807) is 0 Å². The molecular weight excluding hydrogens is 919 g/mol. The van der Waals surface area contributed by atoms with Gasteiger partial charge in [0.05, 0.1) is 10.8 Å². The first-order valence-electron chi connectivity index (χ1n) is 27.4. The Morgan fingerprint density at radius 3 is 1.22 bits per heavy atom. The van der Waals surface area contributed by atoms with Crippen LogP contribution in [0.15, 0.2) is 249 Å². The van der Waals surface area contributed by atoms with Crippen LogP contribution in [0, 0.1) is 11.8 Å². The molecule has 0 bridgehead atoms. The van der Waals surface area contributed by atoms with Crippen molar-refractivity contribution in [3.05, 3.63) is 304 Å². The van der Waals surface area contributed by atoms with Gasteiger partial charge in [-0.3, -0.25) is 0 Å². The third-order valence-corrected chi connectivity index (χ3v) is 16.5. The fourth-order valence-corrected chi connectivity index (χ4v) is 13.0. The number of benzene rings is 10. The minimum atomic E-state index is -0.654. The first-order chi connectivity index (χ1) is 37.0. The lowest BCUT2D eigenvalue weighted by atomic mass is 9.67. The van der Waals surface area contributed by atoms with Gasteiger partial charge >= 0.3 is 0 Å². The van der Waals surface area contributed by atoms with Gasteiger partial charge in [0.2, 0.25) is 0 Å². The SMILES string of the molecule is CC(C)CC(c1ccc(Oc2ccc(C3(c4ccc(C(C)(C)C)cc4)c4ccccc4-c4ccc(N(c5ccccc5)c5ccc6c(c5)C(c5ccccc5)(c5ccccc5)c5ccccc5-6)cc43)cc2)cc1)C(C)C. The smallest absolute Gasteiger partial charge is 0.127 e. The van der Waals surface area contributed by atoms with Crippen LogP contribution in [-0.2, 0) is 16.2 Å². The molecule has 2 aliphatic carbocycles. The monoisotopic (exact) mass is 986 g/mol. The second-order valence-electron chi connectivity index (χ2n) is 23.0. The highest BCUT2D eigenvalue weighted by Crippen LogP contribution is 2.60. The van der Waals surface area contributed by atoms with Crippen molar-refractivity contribution in [2.24, 2.45) is 11.8 Å². The van der Waals surface area contributed by atoms with Gasteiger partial charge in [-0.15, -0.1) is 0 Å². The van der Waals surface area contributed by atoms with Gasteiger partial charge in [-0.1, -0.05) is 237 Å². The number of ether oxygens (including phenoxy) is 1. The quantitative estimate of drug-likeness (QED) is 0.114. The molecule has 0 aromatic heterocycles. The van der Waals surface area contributed by atoms with Crippen LogP contribution in [0.5, 0.6) is 11.5 Å². The molecule has 76 heavy (non-hydrogen) atoms. The maximum Gasteiger partial charge on any atom is 0.127 e. The van der Waals surface area contributed by atoms with E-state index in [-0.39, 0.29) is 5.41 Å². The van der Waals surface area contributed by atoms with Gasteiger partial charge < -0.3 is 9.64 Å². The molecule has 0 N–H and O–H groups in total. The van der Waals surface area contributed by atoms with Crippen molar-refractivity contribution in [2.75, 3.05) is 4.90 Å². The largest absolute Gasteiger partial charge is 0.457 e. The van der Waals surface area contributed by atoms with Crippen LogP contribution >= 0.6 is 0 Å². The molecular formula is C74H67NO. The second-order valence-corrected chi connectivity index (χ2v) is 23.0. The Kier molecular flexibility index (Phi) is 12.5. The fraction of sp³-hybridized carbons (Fsp3) is 0.189. The molecule has 10 aromatic rings. The number of rotatable bonds is 13. The van der Waals surface area contributed by atoms with E-state index >= 15 is 0 Å². The summed E-state index contributed by atoms with van der Waals surface area (Å²) in [6.45, 7) is 16.2. The highest BCUT2D eigenvalue weighted by atomic mass is 16.5. The molecule has 10 aromatic carbocycles. The normalized spacial score (nSPS) is 15.4. The number of hydrogen-bond donors (Lipinski definition) is 0. The topological polar surface area (TPSA) is 12.5 Å². The van der Waals surface area contributed by atoms with E-state index in [1.165, 1.54) is 84.3 Å². The Morgan fingerprint density at radius 1 is 0.382 bits per heavy atom. The summed E-state index contributed by atoms with van der Waals surface area (Å²) in [5.74, 6) is 3.38. The van der Waals surface area contributed by atoms with Crippen molar-refractivity contribution in [1.82, 2.24) is 0 Å². The summed E-state index contributed by atoms with van der Waals surface area (Å²) >= 11 is 0. The van der Waals surface area contributed by atoms with Crippen molar-refractivity contribution >= 4 is 17.1 Å². The van der Waals surface area contributed by atoms with Gasteiger partial charge in [0.25, 0.3) is 0 Å². The minimum Gasteiger partial charge on any atom is -0.457 e. The lowest BCUT2D eigenvalue weighted by Crippen LogP contribution is -2.29. The van der Waals surface area contributed by atoms with Crippen LogP contribution in [0.2, 0.25) is 0 Å². The van der Waals surface area contributed by atoms with Crippen molar-refractivity contribution in [3.8, 4) is 33.8 Å². The van der Waals surface area contributed by atoms with Crippen LogP contribution in [-0.4, -0.2) is 0 Å². The molecule has 0 amide bonds. The minimum absolute atomic E-state index is 0.00229. The summed E-state index contributed by atoms with van der Waals surface area (Å²) in [6.07, 6.45) is 1.17. The molecule has 0 radical (unpaired) electrons. The Balaban J connectivity index is 1.03. The number of hydrogen-bond acceptors (Lipinski definition) is 2. The van der Waals surface area contributed by atoms with E-state index in [9.17, 15) is 0 Å². The maximum absolute atomic E-state index is 6.67. The molecule has 2 nitrogen and oxygen atoms in total. The average molecular weight is 986 g/mol. The van der Waals surface area contributed by atoms with Gasteiger partial charge in [-0.05, 0) is 168 Å². The third kappa shape index (κ3) is 8.18. The fourth-order valence-electron chi connectivity index (χ4n) is 13.0. The lowest BCUT2D eigenvalue weighted by molar-refractivity contribution is 0.407. The zero-order valence-corrected chi connectivity index (χ0v) is 45.0. The Hall–Kier alpha value is -8.20. The Morgan fingerprint density at radius 2 is 0.776 bits per heavy atom. The van der Waals surface area contributed by atoms with Gasteiger partial charge in [0, 0.05) is 17.1 Å². The Bertz CT molecular complexity index is 3620. The van der Waals surface area contributed by atoms with Gasteiger partial charge in [-0.25, -0.2) is 0 Å². The molecule has 374 valence electrons. The molecule has 12 rings (SSSR count). The van der Waals surface area contributed by atoms with Crippen molar-refractivity contribution < 1.29 is 4.74 Å². The van der Waals surface area contributed by atoms with E-state index in [2.05, 4.69) is 302 Å². The molecule has 2 aliphatic rings. The van der Waals surface area contributed by atoms with Gasteiger partial charge in [0.1, 0.15) is 11.5 Å². The number of nitrogens with zero attached hydrogens (tertiary/aromatic N) is 1. The highest BCUT2D eigenvalue weighted by molar-refractivity contribution is 5.92. The molecule has 0 fully saturated rings. The molecule has 0 heterocycles. The molecule has 0 saturated carbocycles. The summed E-state index contributed by atoms with van der Waals surface area (Å²) in [7, 11) is 0. The van der Waals surface area contributed by atoms with E-state index in [1.807, 2.05) is 0 Å². The maximum atomic E-state index is 6.67. The summed E-state index contributed by atoms with van der Waals surface area (Å²) in [5, 5.41) is 0. The first kappa shape index (κ1) is 48.7. The molecule has 0 saturated heterocycles. The van der Waals surface area contributed by atoms with Crippen molar-refractivity contribution in [2.45, 2.75) is 77.0 Å². The predicted octanol–water partition coefficient (Wildman–Crippen LogP) is 19.8. The van der Waals surface area contributed by atoms with Crippen LogP contribution in [0.25, 0.3) is 22.3 Å². The molecule has 2 atom stereocenters. The number of para-hydroxylation sites is 1. The van der Waals surface area contributed by atoms with Gasteiger partial charge in [-0.2, -0.15) is 0 Å². The van der Waals surface area contributed by atoms with E-state index in [4.69, 9.17) is 4.74 Å². The summed E-state index contributed by atoms with van der Waals surface area (Å²) in [6, 6.07) is 92.7. The number of anilines is 3. The van der Waals surface area contributed by atoms with E-state index in [0.717, 1.165) is 28.6 Å². The van der Waals surface area contributed by atoms with Crippen molar-refractivity contribution in [3.63, 3.8) is 0 Å². The van der Waals surface area contributed by atoms with Crippen LogP contribution in [0.3, 0.4) is 0 Å². The summed E-state index contributed by atoms with van der Waals surface area (Å²) < 4.78 is 6.67.